The molecule has 0 N–H and O–H groups in total. The quantitative estimate of drug-likeness (QED) is 0.159. The van der Waals surface area contributed by atoms with Gasteiger partial charge in [-0.25, -0.2) is 0 Å². The zero-order valence-corrected chi connectivity index (χ0v) is 30.0. The van der Waals surface area contributed by atoms with Crippen LogP contribution in [0.2, 0.25) is 0 Å². The van der Waals surface area contributed by atoms with Crippen molar-refractivity contribution in [3.05, 3.63) is 205 Å². The van der Waals surface area contributed by atoms with Gasteiger partial charge in [-0.15, -0.1) is 0 Å². The third-order valence-corrected chi connectivity index (χ3v) is 11.5. The van der Waals surface area contributed by atoms with Gasteiger partial charge in [-0.1, -0.05) is 190 Å². The molecule has 0 heteroatoms. The van der Waals surface area contributed by atoms with Gasteiger partial charge in [-0.3, -0.25) is 0 Å². The SMILES string of the molecule is CC1(C)c2ccccc2-c2ccc(-c3c4ccccc4c(-c4cccc(-c5ccc(-c6ccccc6)cc5)c4)c4ccc(-c5ccccc5)cc34)cc21. The molecule has 0 fully saturated rings. The van der Waals surface area contributed by atoms with E-state index in [4.69, 9.17) is 0 Å². The molecule has 0 heterocycles. The van der Waals surface area contributed by atoms with E-state index in [0.717, 1.165) is 0 Å². The molecule has 9 aromatic carbocycles. The maximum atomic E-state index is 2.48. The van der Waals surface area contributed by atoms with Gasteiger partial charge >= 0.3 is 0 Å². The van der Waals surface area contributed by atoms with Gasteiger partial charge in [0.15, 0.2) is 0 Å². The molecule has 0 unspecified atom stereocenters. The first kappa shape index (κ1) is 31.3. The summed E-state index contributed by atoms with van der Waals surface area (Å²) in [6.07, 6.45) is 0. The van der Waals surface area contributed by atoms with Crippen molar-refractivity contribution in [1.82, 2.24) is 0 Å². The summed E-state index contributed by atoms with van der Waals surface area (Å²) in [5, 5.41) is 5.07. The Hall–Kier alpha value is -6.50. The molecule has 0 nitrogen and oxygen atoms in total. The number of hydrogen-bond donors (Lipinski definition) is 0. The van der Waals surface area contributed by atoms with Gasteiger partial charge < -0.3 is 0 Å². The maximum absolute atomic E-state index is 2.48. The average molecular weight is 675 g/mol. The lowest BCUT2D eigenvalue weighted by Crippen LogP contribution is -2.14. The summed E-state index contributed by atoms with van der Waals surface area (Å²) in [5.41, 5.74) is 17.8. The molecule has 0 saturated carbocycles. The van der Waals surface area contributed by atoms with Crippen LogP contribution in [0.1, 0.15) is 25.0 Å². The summed E-state index contributed by atoms with van der Waals surface area (Å²) in [4.78, 5) is 0. The third-order valence-electron chi connectivity index (χ3n) is 11.5. The van der Waals surface area contributed by atoms with Crippen LogP contribution in [-0.2, 0) is 5.41 Å². The molecular formula is C53H38. The summed E-state index contributed by atoms with van der Waals surface area (Å²) < 4.78 is 0. The average Bonchev–Trinajstić information content (AvgIpc) is 3.45. The number of fused-ring (bicyclic) bond motifs is 5. The molecule has 10 rings (SSSR count). The van der Waals surface area contributed by atoms with E-state index in [1.165, 1.54) is 99.4 Å². The van der Waals surface area contributed by atoms with Crippen molar-refractivity contribution < 1.29 is 0 Å². The van der Waals surface area contributed by atoms with Crippen molar-refractivity contribution in [2.75, 3.05) is 0 Å². The molecule has 250 valence electrons. The lowest BCUT2D eigenvalue weighted by Gasteiger charge is -2.23. The number of rotatable bonds is 5. The summed E-state index contributed by atoms with van der Waals surface area (Å²) in [7, 11) is 0. The van der Waals surface area contributed by atoms with Gasteiger partial charge in [0.05, 0.1) is 0 Å². The maximum Gasteiger partial charge on any atom is 0.0159 e. The second-order valence-electron chi connectivity index (χ2n) is 14.9. The highest BCUT2D eigenvalue weighted by atomic mass is 14.4. The Kier molecular flexibility index (Phi) is 7.27. The smallest absolute Gasteiger partial charge is 0.0159 e. The van der Waals surface area contributed by atoms with Gasteiger partial charge in [0.1, 0.15) is 0 Å². The van der Waals surface area contributed by atoms with Crippen LogP contribution in [0.4, 0.5) is 0 Å². The monoisotopic (exact) mass is 674 g/mol. The van der Waals surface area contributed by atoms with Crippen molar-refractivity contribution in [2.24, 2.45) is 0 Å². The van der Waals surface area contributed by atoms with E-state index >= 15 is 0 Å². The van der Waals surface area contributed by atoms with Gasteiger partial charge in [-0.2, -0.15) is 0 Å². The van der Waals surface area contributed by atoms with Crippen LogP contribution in [0.15, 0.2) is 194 Å². The Morgan fingerprint density at radius 2 is 0.698 bits per heavy atom. The molecule has 9 aromatic rings. The van der Waals surface area contributed by atoms with Crippen LogP contribution in [0.5, 0.6) is 0 Å². The van der Waals surface area contributed by atoms with Crippen LogP contribution in [0.3, 0.4) is 0 Å². The second-order valence-corrected chi connectivity index (χ2v) is 14.9. The molecule has 0 aliphatic heterocycles. The lowest BCUT2D eigenvalue weighted by atomic mass is 9.80. The van der Waals surface area contributed by atoms with Gasteiger partial charge in [0.2, 0.25) is 0 Å². The second kappa shape index (κ2) is 12.3. The summed E-state index contributed by atoms with van der Waals surface area (Å²) in [6.45, 7) is 4.74. The minimum Gasteiger partial charge on any atom is -0.0622 e. The highest BCUT2D eigenvalue weighted by molar-refractivity contribution is 6.22. The van der Waals surface area contributed by atoms with E-state index in [-0.39, 0.29) is 5.41 Å². The minimum absolute atomic E-state index is 0.0809. The molecule has 0 aromatic heterocycles. The van der Waals surface area contributed by atoms with Crippen LogP contribution in [0.25, 0.3) is 88.3 Å². The molecule has 0 spiro atoms. The van der Waals surface area contributed by atoms with Crippen LogP contribution >= 0.6 is 0 Å². The zero-order chi connectivity index (χ0) is 35.5. The first-order valence-electron chi connectivity index (χ1n) is 18.6. The zero-order valence-electron chi connectivity index (χ0n) is 30.0. The molecule has 1 aliphatic carbocycles. The van der Waals surface area contributed by atoms with Gasteiger partial charge in [0.25, 0.3) is 0 Å². The molecular weight excluding hydrogens is 637 g/mol. The van der Waals surface area contributed by atoms with E-state index in [2.05, 4.69) is 208 Å². The Labute approximate surface area is 311 Å². The molecule has 0 radical (unpaired) electrons. The van der Waals surface area contributed by atoms with E-state index < -0.39 is 0 Å². The van der Waals surface area contributed by atoms with Gasteiger partial charge in [-0.05, 0) is 118 Å². The summed E-state index contributed by atoms with van der Waals surface area (Å²) >= 11 is 0. The van der Waals surface area contributed by atoms with E-state index in [1.807, 2.05) is 0 Å². The van der Waals surface area contributed by atoms with Crippen molar-refractivity contribution >= 4 is 21.5 Å². The standard InChI is InChI=1S/C53H38/c1-53(2)49-23-12-11-20-43(49)44-30-29-42(34-50(44)53)52-46-22-10-9-21-45(46)51(47-31-28-40(33-48(47)52)36-16-7-4-8-17-36)41-19-13-18-39(32-41)38-26-24-37(25-27-38)35-14-5-3-6-15-35/h3-34H,1-2H3. The van der Waals surface area contributed by atoms with E-state index in [0.29, 0.717) is 0 Å². The highest BCUT2D eigenvalue weighted by Gasteiger charge is 2.35. The summed E-state index contributed by atoms with van der Waals surface area (Å²) in [5.74, 6) is 0. The largest absolute Gasteiger partial charge is 0.0622 e. The fourth-order valence-electron chi connectivity index (χ4n) is 8.81. The van der Waals surface area contributed by atoms with E-state index in [1.54, 1.807) is 0 Å². The Morgan fingerprint density at radius 3 is 1.42 bits per heavy atom. The third kappa shape index (κ3) is 5.13. The van der Waals surface area contributed by atoms with Crippen molar-refractivity contribution in [1.29, 1.82) is 0 Å². The van der Waals surface area contributed by atoms with Crippen molar-refractivity contribution in [3.63, 3.8) is 0 Å². The molecule has 1 aliphatic rings. The molecule has 0 amide bonds. The predicted octanol–water partition coefficient (Wildman–Crippen LogP) is 14.6. The fourth-order valence-corrected chi connectivity index (χ4v) is 8.81. The summed E-state index contributed by atoms with van der Waals surface area (Å²) in [6, 6.07) is 71.7. The first-order valence-corrected chi connectivity index (χ1v) is 18.6. The molecule has 0 bridgehead atoms. The number of hydrogen-bond acceptors (Lipinski definition) is 0. The minimum atomic E-state index is -0.0809. The predicted molar refractivity (Wildman–Crippen MR) is 226 cm³/mol. The normalized spacial score (nSPS) is 12.9. The lowest BCUT2D eigenvalue weighted by molar-refractivity contribution is 0.660. The molecule has 53 heavy (non-hydrogen) atoms. The Bertz CT molecular complexity index is 2820. The highest BCUT2D eigenvalue weighted by Crippen LogP contribution is 2.51. The molecule has 0 atom stereocenters. The topological polar surface area (TPSA) is 0 Å². The first-order chi connectivity index (χ1) is 26.0. The fraction of sp³-hybridized carbons (Fsp3) is 0.0566. The van der Waals surface area contributed by atoms with Gasteiger partial charge in [0, 0.05) is 5.41 Å². The molecule has 0 saturated heterocycles. The van der Waals surface area contributed by atoms with E-state index in [9.17, 15) is 0 Å². The van der Waals surface area contributed by atoms with Crippen LogP contribution in [0, 0.1) is 0 Å². The van der Waals surface area contributed by atoms with Crippen molar-refractivity contribution in [2.45, 2.75) is 19.3 Å². The van der Waals surface area contributed by atoms with Crippen LogP contribution in [-0.4, -0.2) is 0 Å². The number of benzene rings is 9. The Morgan fingerprint density at radius 1 is 0.264 bits per heavy atom. The Balaban J connectivity index is 1.20. The van der Waals surface area contributed by atoms with Crippen LogP contribution < -0.4 is 0 Å². The van der Waals surface area contributed by atoms with Crippen molar-refractivity contribution in [3.8, 4) is 66.8 Å².